The van der Waals surface area contributed by atoms with E-state index < -0.39 is 0 Å². The van der Waals surface area contributed by atoms with E-state index in [0.717, 1.165) is 18.5 Å². The molecule has 1 atom stereocenters. The van der Waals surface area contributed by atoms with Gasteiger partial charge in [0.2, 0.25) is 0 Å². The second kappa shape index (κ2) is 9.80. The number of unbranched alkanes of at least 4 members (excludes halogenated alkanes) is 2. The molecule has 2 nitrogen and oxygen atoms in total. The summed E-state index contributed by atoms with van der Waals surface area (Å²) < 4.78 is 12.0. The van der Waals surface area contributed by atoms with Gasteiger partial charge in [-0.25, -0.2) is 0 Å². The largest absolute Gasteiger partial charge is 0.497 e. The number of rotatable bonds is 9. The minimum atomic E-state index is 0.0551. The fraction of sp³-hybridized carbons (Fsp3) is 0.417. The molecule has 0 fully saturated rings. The predicted octanol–water partition coefficient (Wildman–Crippen LogP) is 6.74. The maximum atomic E-state index is 6.68. The van der Waals surface area contributed by atoms with E-state index in [9.17, 15) is 0 Å². The highest BCUT2D eigenvalue weighted by atomic mass is 16.5. The van der Waals surface area contributed by atoms with Gasteiger partial charge in [0.1, 0.15) is 5.75 Å². The Morgan fingerprint density at radius 2 is 1.63 bits per heavy atom. The zero-order valence-electron chi connectivity index (χ0n) is 16.9. The second-order valence-electron chi connectivity index (χ2n) is 7.33. The third kappa shape index (κ3) is 4.65. The molecule has 3 heteroatoms. The SMILES string of the molecule is CCCCB1OC(c2ccc(OC)cc2)C(CCCC)=C1c1ccccc1. The molecule has 142 valence electrons. The molecule has 1 aliphatic rings. The molecule has 0 aliphatic carbocycles. The monoisotopic (exact) mass is 362 g/mol. The van der Waals surface area contributed by atoms with Crippen LogP contribution in [0.15, 0.2) is 60.2 Å². The summed E-state index contributed by atoms with van der Waals surface area (Å²) in [5, 5.41) is 0. The molecule has 0 amide bonds. The Hall–Kier alpha value is -2.00. The minimum Gasteiger partial charge on any atom is -0.497 e. The average Bonchev–Trinajstić information content (AvgIpc) is 3.09. The molecule has 0 bridgehead atoms. The first-order valence-corrected chi connectivity index (χ1v) is 10.4. The first-order chi connectivity index (χ1) is 13.3. The fourth-order valence-corrected chi connectivity index (χ4v) is 3.94. The zero-order valence-corrected chi connectivity index (χ0v) is 16.9. The predicted molar refractivity (Wildman–Crippen MR) is 115 cm³/mol. The quantitative estimate of drug-likeness (QED) is 0.460. The molecule has 2 aromatic carbocycles. The van der Waals surface area contributed by atoms with Gasteiger partial charge in [-0.3, -0.25) is 0 Å². The summed E-state index contributed by atoms with van der Waals surface area (Å²) in [5.74, 6) is 0.890. The van der Waals surface area contributed by atoms with Crippen LogP contribution in [0.3, 0.4) is 0 Å². The van der Waals surface area contributed by atoms with Crippen LogP contribution in [-0.2, 0) is 4.65 Å². The highest BCUT2D eigenvalue weighted by molar-refractivity contribution is 6.75. The summed E-state index contributed by atoms with van der Waals surface area (Å²) in [6, 6.07) is 19.2. The van der Waals surface area contributed by atoms with Crippen molar-refractivity contribution >= 4 is 12.4 Å². The molecule has 0 aromatic heterocycles. The van der Waals surface area contributed by atoms with E-state index in [4.69, 9.17) is 9.39 Å². The van der Waals surface area contributed by atoms with Gasteiger partial charge in [0, 0.05) is 0 Å². The van der Waals surface area contributed by atoms with Crippen LogP contribution in [-0.4, -0.2) is 14.0 Å². The van der Waals surface area contributed by atoms with E-state index in [-0.39, 0.29) is 13.0 Å². The Kier molecular flexibility index (Phi) is 7.17. The number of hydrogen-bond donors (Lipinski definition) is 0. The van der Waals surface area contributed by atoms with Crippen LogP contribution in [0.25, 0.3) is 5.47 Å². The summed E-state index contributed by atoms with van der Waals surface area (Å²) in [5.41, 5.74) is 5.45. The van der Waals surface area contributed by atoms with Crippen LogP contribution in [0.4, 0.5) is 0 Å². The third-order valence-electron chi connectivity index (χ3n) is 5.41. The van der Waals surface area contributed by atoms with Gasteiger partial charge in [-0.2, -0.15) is 0 Å². The zero-order chi connectivity index (χ0) is 19.1. The summed E-state index contributed by atoms with van der Waals surface area (Å²) in [4.78, 5) is 0. The van der Waals surface area contributed by atoms with Crippen molar-refractivity contribution in [2.24, 2.45) is 0 Å². The standard InChI is InChI=1S/C24H31BO2/c1-4-6-13-22-23(19-11-9-8-10-12-19)25(18-7-5-2)27-24(22)20-14-16-21(26-3)17-15-20/h8-12,14-17,24H,4-7,13,18H2,1-3H3. The van der Waals surface area contributed by atoms with Crippen molar-refractivity contribution in [2.75, 3.05) is 7.11 Å². The van der Waals surface area contributed by atoms with Crippen molar-refractivity contribution in [1.29, 1.82) is 0 Å². The molecule has 0 saturated carbocycles. The molecular formula is C24H31BO2. The molecule has 3 rings (SSSR count). The third-order valence-corrected chi connectivity index (χ3v) is 5.41. The first kappa shape index (κ1) is 19.8. The van der Waals surface area contributed by atoms with Crippen LogP contribution >= 0.6 is 0 Å². The van der Waals surface area contributed by atoms with Gasteiger partial charge in [0.05, 0.1) is 13.2 Å². The molecule has 0 spiro atoms. The Labute approximate surface area is 164 Å². The van der Waals surface area contributed by atoms with Crippen molar-refractivity contribution in [1.82, 2.24) is 0 Å². The van der Waals surface area contributed by atoms with Crippen LogP contribution < -0.4 is 4.74 Å². The van der Waals surface area contributed by atoms with E-state index in [0.29, 0.717) is 0 Å². The molecule has 2 aromatic rings. The molecule has 1 unspecified atom stereocenters. The number of methoxy groups -OCH3 is 1. The van der Waals surface area contributed by atoms with Crippen molar-refractivity contribution in [3.63, 3.8) is 0 Å². The number of hydrogen-bond acceptors (Lipinski definition) is 2. The highest BCUT2D eigenvalue weighted by Gasteiger charge is 2.38. The molecule has 0 saturated heterocycles. The van der Waals surface area contributed by atoms with Crippen LogP contribution in [0.1, 0.15) is 63.2 Å². The Morgan fingerprint density at radius 3 is 2.26 bits per heavy atom. The topological polar surface area (TPSA) is 18.5 Å². The lowest BCUT2D eigenvalue weighted by Crippen LogP contribution is -2.16. The van der Waals surface area contributed by atoms with Crippen LogP contribution in [0.2, 0.25) is 6.32 Å². The Morgan fingerprint density at radius 1 is 0.926 bits per heavy atom. The maximum Gasteiger partial charge on any atom is 0.328 e. The second-order valence-corrected chi connectivity index (χ2v) is 7.33. The van der Waals surface area contributed by atoms with Gasteiger partial charge in [-0.05, 0) is 53.5 Å². The lowest BCUT2D eigenvalue weighted by molar-refractivity contribution is 0.255. The summed E-state index contributed by atoms with van der Waals surface area (Å²) in [6.07, 6.45) is 7.02. The highest BCUT2D eigenvalue weighted by Crippen LogP contribution is 2.45. The lowest BCUT2D eigenvalue weighted by Gasteiger charge is -2.18. The van der Waals surface area contributed by atoms with Crippen molar-refractivity contribution in [3.8, 4) is 5.75 Å². The summed E-state index contributed by atoms with van der Waals surface area (Å²) in [6.45, 7) is 4.70. The summed E-state index contributed by atoms with van der Waals surface area (Å²) in [7, 11) is 1.71. The fourth-order valence-electron chi connectivity index (χ4n) is 3.94. The van der Waals surface area contributed by atoms with Gasteiger partial charge in [0.25, 0.3) is 0 Å². The summed E-state index contributed by atoms with van der Waals surface area (Å²) >= 11 is 0. The van der Waals surface area contributed by atoms with Crippen molar-refractivity contribution < 1.29 is 9.39 Å². The first-order valence-electron chi connectivity index (χ1n) is 10.4. The Bertz CT molecular complexity index is 737. The van der Waals surface area contributed by atoms with Crippen molar-refractivity contribution in [3.05, 3.63) is 71.3 Å². The normalized spacial score (nSPS) is 16.9. The molecule has 1 aliphatic heterocycles. The van der Waals surface area contributed by atoms with Gasteiger partial charge < -0.3 is 9.39 Å². The molecule has 0 N–H and O–H groups in total. The molecule has 27 heavy (non-hydrogen) atoms. The van der Waals surface area contributed by atoms with E-state index in [2.05, 4.69) is 56.3 Å². The van der Waals surface area contributed by atoms with Gasteiger partial charge in [-0.1, -0.05) is 75.6 Å². The maximum absolute atomic E-state index is 6.68. The smallest absolute Gasteiger partial charge is 0.328 e. The van der Waals surface area contributed by atoms with E-state index in [1.165, 1.54) is 47.9 Å². The molecule has 1 heterocycles. The minimum absolute atomic E-state index is 0.0551. The number of benzene rings is 2. The van der Waals surface area contributed by atoms with E-state index >= 15 is 0 Å². The van der Waals surface area contributed by atoms with Gasteiger partial charge in [-0.15, -0.1) is 0 Å². The van der Waals surface area contributed by atoms with E-state index in [1.54, 1.807) is 7.11 Å². The Balaban J connectivity index is 2.02. The van der Waals surface area contributed by atoms with Gasteiger partial charge in [0.15, 0.2) is 0 Å². The van der Waals surface area contributed by atoms with Crippen LogP contribution in [0, 0.1) is 0 Å². The lowest BCUT2D eigenvalue weighted by atomic mass is 9.55. The average molecular weight is 362 g/mol. The van der Waals surface area contributed by atoms with Gasteiger partial charge >= 0.3 is 6.92 Å². The van der Waals surface area contributed by atoms with Crippen molar-refractivity contribution in [2.45, 2.75) is 58.4 Å². The molecular weight excluding hydrogens is 331 g/mol. The number of ether oxygens (including phenoxy) is 1. The van der Waals surface area contributed by atoms with Crippen LogP contribution in [0.5, 0.6) is 5.75 Å². The molecule has 0 radical (unpaired) electrons. The van der Waals surface area contributed by atoms with E-state index in [1.807, 2.05) is 12.1 Å².